The van der Waals surface area contributed by atoms with Crippen molar-refractivity contribution in [2.75, 3.05) is 46.0 Å². The summed E-state index contributed by atoms with van der Waals surface area (Å²) in [4.78, 5) is 49.5. The van der Waals surface area contributed by atoms with Crippen LogP contribution in [0.1, 0.15) is 45.8 Å². The number of aliphatic hydroxyl groups is 1. The number of rotatable bonds is 7. The number of likely N-dealkylation sites (tertiary alicyclic amines) is 1. The molecule has 0 spiro atoms. The number of pyridine rings is 1. The normalized spacial score (nSPS) is 20.4. The van der Waals surface area contributed by atoms with Crippen molar-refractivity contribution in [3.63, 3.8) is 0 Å². The lowest BCUT2D eigenvalue weighted by atomic mass is 9.94. The van der Waals surface area contributed by atoms with Gasteiger partial charge in [-0.05, 0) is 44.0 Å². The molecule has 2 aliphatic rings. The fourth-order valence-electron chi connectivity index (χ4n) is 4.72. The van der Waals surface area contributed by atoms with Gasteiger partial charge in [0.1, 0.15) is 11.5 Å². The first-order valence-corrected chi connectivity index (χ1v) is 11.7. The first-order valence-electron chi connectivity index (χ1n) is 11.7. The van der Waals surface area contributed by atoms with E-state index in [0.29, 0.717) is 48.7 Å². The summed E-state index contributed by atoms with van der Waals surface area (Å²) in [6.07, 6.45) is 3.17. The molecular weight excluding hydrogens is 452 g/mol. The van der Waals surface area contributed by atoms with E-state index in [0.717, 1.165) is 13.1 Å². The number of aliphatic hydroxyl groups excluding tert-OH is 1. The van der Waals surface area contributed by atoms with Crippen molar-refractivity contribution < 1.29 is 29.0 Å². The number of aromatic nitrogens is 2. The van der Waals surface area contributed by atoms with Crippen molar-refractivity contribution in [3.05, 3.63) is 58.2 Å². The highest BCUT2D eigenvalue weighted by Crippen LogP contribution is 2.40. The number of hydrogen-bond acceptors (Lipinski definition) is 8. The maximum absolute atomic E-state index is 13.3. The van der Waals surface area contributed by atoms with Crippen LogP contribution in [0.15, 0.2) is 30.1 Å². The molecule has 0 saturated carbocycles. The number of amides is 1. The Morgan fingerprint density at radius 1 is 1.20 bits per heavy atom. The van der Waals surface area contributed by atoms with Gasteiger partial charge in [0, 0.05) is 49.8 Å². The number of esters is 1. The minimum atomic E-state index is -0.779. The summed E-state index contributed by atoms with van der Waals surface area (Å²) >= 11 is 0. The van der Waals surface area contributed by atoms with Crippen LogP contribution in [0, 0.1) is 13.8 Å². The average Bonchev–Trinajstić information content (AvgIpc) is 3.30. The van der Waals surface area contributed by atoms with E-state index in [1.807, 2.05) is 0 Å². The van der Waals surface area contributed by atoms with Gasteiger partial charge in [0.2, 0.25) is 0 Å². The third-order valence-electron chi connectivity index (χ3n) is 6.48. The molecule has 1 atom stereocenters. The van der Waals surface area contributed by atoms with E-state index >= 15 is 0 Å². The van der Waals surface area contributed by atoms with Crippen LogP contribution in [0.5, 0.6) is 0 Å². The van der Waals surface area contributed by atoms with Gasteiger partial charge in [-0.15, -0.1) is 0 Å². The smallest absolute Gasteiger partial charge is 0.355 e. The third-order valence-corrected chi connectivity index (χ3v) is 6.48. The standard InChI is InChI=1S/C25H30N4O6/c1-4-35-25(33)20-15(2)18(16(3)27-20)22(30)19-21(17-5-7-26-8-6-17)29(24(32)23(19)31)10-9-28-11-13-34-14-12-28/h5-8,21,27,30H,4,9-14H2,1-3H3/t21-/m1/s1. The van der Waals surface area contributed by atoms with Crippen LogP contribution in [0.25, 0.3) is 5.76 Å². The molecule has 2 aromatic heterocycles. The highest BCUT2D eigenvalue weighted by Gasteiger charge is 2.46. The summed E-state index contributed by atoms with van der Waals surface area (Å²) in [6, 6.07) is 2.68. The Kier molecular flexibility index (Phi) is 7.32. The van der Waals surface area contributed by atoms with Crippen molar-refractivity contribution in [2.45, 2.75) is 26.8 Å². The molecule has 186 valence electrons. The van der Waals surface area contributed by atoms with E-state index in [1.54, 1.807) is 45.3 Å². The van der Waals surface area contributed by atoms with E-state index in [4.69, 9.17) is 9.47 Å². The lowest BCUT2D eigenvalue weighted by Crippen LogP contribution is -2.42. The summed E-state index contributed by atoms with van der Waals surface area (Å²) in [6.45, 7) is 8.92. The molecule has 2 N–H and O–H groups in total. The molecule has 0 bridgehead atoms. The van der Waals surface area contributed by atoms with E-state index in [1.165, 1.54) is 4.90 Å². The van der Waals surface area contributed by atoms with Crippen LogP contribution in [0.3, 0.4) is 0 Å². The largest absolute Gasteiger partial charge is 0.507 e. The average molecular weight is 483 g/mol. The van der Waals surface area contributed by atoms with Crippen molar-refractivity contribution in [2.24, 2.45) is 0 Å². The van der Waals surface area contributed by atoms with Gasteiger partial charge < -0.3 is 24.5 Å². The van der Waals surface area contributed by atoms with Crippen LogP contribution >= 0.6 is 0 Å². The summed E-state index contributed by atoms with van der Waals surface area (Å²) in [5.41, 5.74) is 2.12. The van der Waals surface area contributed by atoms with Crippen LogP contribution in [-0.4, -0.2) is 88.5 Å². The zero-order valence-corrected chi connectivity index (χ0v) is 20.2. The highest BCUT2D eigenvalue weighted by molar-refractivity contribution is 6.46. The minimum Gasteiger partial charge on any atom is -0.507 e. The first-order chi connectivity index (χ1) is 16.8. The summed E-state index contributed by atoms with van der Waals surface area (Å²) in [7, 11) is 0. The monoisotopic (exact) mass is 482 g/mol. The fraction of sp³-hybridized carbons (Fsp3) is 0.440. The first kappa shape index (κ1) is 24.6. The van der Waals surface area contributed by atoms with Crippen molar-refractivity contribution in [1.29, 1.82) is 0 Å². The number of carbonyl (C=O) groups is 3. The zero-order chi connectivity index (χ0) is 25.1. The number of nitrogens with one attached hydrogen (secondary N) is 1. The Balaban J connectivity index is 1.77. The molecule has 4 rings (SSSR count). The van der Waals surface area contributed by atoms with Crippen LogP contribution in [0.2, 0.25) is 0 Å². The second-order valence-corrected chi connectivity index (χ2v) is 8.57. The van der Waals surface area contributed by atoms with E-state index < -0.39 is 23.7 Å². The fourth-order valence-corrected chi connectivity index (χ4v) is 4.72. The number of Topliss-reactive ketones (excluding diaryl/α,β-unsaturated/α-hetero) is 1. The third kappa shape index (κ3) is 4.71. The van der Waals surface area contributed by atoms with Crippen molar-refractivity contribution in [3.8, 4) is 0 Å². The number of aromatic amines is 1. The van der Waals surface area contributed by atoms with Gasteiger partial charge >= 0.3 is 5.97 Å². The second-order valence-electron chi connectivity index (χ2n) is 8.57. The van der Waals surface area contributed by atoms with E-state index in [-0.39, 0.29) is 23.6 Å². The van der Waals surface area contributed by atoms with Crippen molar-refractivity contribution >= 4 is 23.4 Å². The van der Waals surface area contributed by atoms with Gasteiger partial charge in [0.25, 0.3) is 11.7 Å². The van der Waals surface area contributed by atoms with Gasteiger partial charge in [-0.3, -0.25) is 19.5 Å². The number of ether oxygens (including phenoxy) is 2. The Hall–Kier alpha value is -3.50. The number of H-pyrrole nitrogens is 1. The van der Waals surface area contributed by atoms with Gasteiger partial charge in [-0.2, -0.15) is 0 Å². The quantitative estimate of drug-likeness (QED) is 0.266. The Labute approximate surface area is 203 Å². The predicted octanol–water partition coefficient (Wildman–Crippen LogP) is 1.96. The lowest BCUT2D eigenvalue weighted by molar-refractivity contribution is -0.140. The van der Waals surface area contributed by atoms with E-state index in [2.05, 4.69) is 14.9 Å². The molecule has 0 aliphatic carbocycles. The van der Waals surface area contributed by atoms with Gasteiger partial charge in [0.05, 0.1) is 31.4 Å². The number of nitrogens with zero attached hydrogens (tertiary/aromatic N) is 3. The molecule has 1 amide bonds. The highest BCUT2D eigenvalue weighted by atomic mass is 16.5. The summed E-state index contributed by atoms with van der Waals surface area (Å²) in [5.74, 6) is -2.30. The lowest BCUT2D eigenvalue weighted by Gasteiger charge is -2.31. The topological polar surface area (TPSA) is 125 Å². The predicted molar refractivity (Wildman–Crippen MR) is 127 cm³/mol. The van der Waals surface area contributed by atoms with Crippen LogP contribution < -0.4 is 0 Å². The molecule has 2 fully saturated rings. The molecular formula is C25H30N4O6. The molecule has 0 radical (unpaired) electrons. The van der Waals surface area contributed by atoms with Crippen molar-refractivity contribution in [1.82, 2.24) is 19.8 Å². The van der Waals surface area contributed by atoms with Gasteiger partial charge in [0.15, 0.2) is 0 Å². The number of morpholine rings is 1. The second kappa shape index (κ2) is 10.4. The molecule has 10 nitrogen and oxygen atoms in total. The van der Waals surface area contributed by atoms with Crippen LogP contribution in [0.4, 0.5) is 0 Å². The SMILES string of the molecule is CCOC(=O)c1[nH]c(C)c(C(O)=C2C(=O)C(=O)N(CCN3CCOCC3)[C@@H]2c2ccncc2)c1C. The number of carbonyl (C=O) groups excluding carboxylic acids is 3. The number of aryl methyl sites for hydroxylation is 1. The summed E-state index contributed by atoms with van der Waals surface area (Å²) < 4.78 is 10.5. The molecule has 0 unspecified atom stereocenters. The molecule has 10 heteroatoms. The van der Waals surface area contributed by atoms with E-state index in [9.17, 15) is 19.5 Å². The number of hydrogen-bond donors (Lipinski definition) is 2. The molecule has 4 heterocycles. The van der Waals surface area contributed by atoms with Gasteiger partial charge in [-0.1, -0.05) is 0 Å². The molecule has 35 heavy (non-hydrogen) atoms. The maximum atomic E-state index is 13.3. The maximum Gasteiger partial charge on any atom is 0.355 e. The zero-order valence-electron chi connectivity index (χ0n) is 20.2. The molecule has 2 aliphatic heterocycles. The Morgan fingerprint density at radius 2 is 1.89 bits per heavy atom. The Bertz CT molecular complexity index is 1150. The van der Waals surface area contributed by atoms with Crippen LogP contribution in [-0.2, 0) is 19.1 Å². The minimum absolute atomic E-state index is 0.0104. The number of ketones is 1. The molecule has 2 aromatic rings. The van der Waals surface area contributed by atoms with Gasteiger partial charge in [-0.25, -0.2) is 4.79 Å². The molecule has 0 aromatic carbocycles. The Morgan fingerprint density at radius 3 is 2.54 bits per heavy atom. The summed E-state index contributed by atoms with van der Waals surface area (Å²) in [5, 5.41) is 11.4. The molecule has 2 saturated heterocycles.